The number of carbonyl (C=O) groups excluding carboxylic acids is 2. The average molecular weight is 301 g/mol. The molecule has 0 spiro atoms. The van der Waals surface area contributed by atoms with Crippen molar-refractivity contribution in [2.45, 2.75) is 38.5 Å². The minimum Gasteiger partial charge on any atom is -0.352 e. The Hall–Kier alpha value is -1.91. The fourth-order valence-corrected chi connectivity index (χ4v) is 2.95. The molecule has 5 nitrogen and oxygen atoms in total. The first-order chi connectivity index (χ1) is 10.6. The minimum absolute atomic E-state index is 0.0417. The van der Waals surface area contributed by atoms with Crippen molar-refractivity contribution < 1.29 is 9.59 Å². The molecule has 2 amide bonds. The Morgan fingerprint density at radius 3 is 2.77 bits per heavy atom. The molecule has 0 bridgehead atoms. The summed E-state index contributed by atoms with van der Waals surface area (Å²) in [6, 6.07) is 3.78. The van der Waals surface area contributed by atoms with Crippen LogP contribution in [0.15, 0.2) is 18.3 Å². The van der Waals surface area contributed by atoms with Gasteiger partial charge < -0.3 is 10.2 Å². The molecule has 3 rings (SSSR count). The zero-order valence-electron chi connectivity index (χ0n) is 13.0. The number of piperidine rings is 1. The van der Waals surface area contributed by atoms with E-state index in [9.17, 15) is 9.59 Å². The standard InChI is InChI=1S/C17H23N3O2/c1-12(21)20-8-2-3-15(11-20)16-7-6-14(10-18-16)17(22)19-9-13-4-5-13/h6-7,10,13,15H,2-5,8-9,11H2,1H3,(H,19,22)/t15-/m1/s1. The van der Waals surface area contributed by atoms with Gasteiger partial charge in [0.05, 0.1) is 5.56 Å². The van der Waals surface area contributed by atoms with Crippen LogP contribution in [0.25, 0.3) is 0 Å². The monoisotopic (exact) mass is 301 g/mol. The molecule has 1 saturated heterocycles. The SMILES string of the molecule is CC(=O)N1CCC[C@@H](c2ccc(C(=O)NCC3CC3)cn2)C1. The van der Waals surface area contributed by atoms with Gasteiger partial charge in [0.1, 0.15) is 0 Å². The van der Waals surface area contributed by atoms with E-state index in [0.29, 0.717) is 11.5 Å². The molecule has 1 aromatic rings. The minimum atomic E-state index is -0.0417. The molecule has 1 aliphatic carbocycles. The van der Waals surface area contributed by atoms with E-state index in [0.717, 1.165) is 38.2 Å². The van der Waals surface area contributed by atoms with Crippen LogP contribution in [0.3, 0.4) is 0 Å². The van der Waals surface area contributed by atoms with E-state index < -0.39 is 0 Å². The first-order valence-corrected chi connectivity index (χ1v) is 8.13. The molecule has 1 aliphatic heterocycles. The summed E-state index contributed by atoms with van der Waals surface area (Å²) in [5.74, 6) is 1.04. The van der Waals surface area contributed by atoms with E-state index in [1.165, 1.54) is 12.8 Å². The second-order valence-corrected chi connectivity index (χ2v) is 6.43. The molecule has 0 radical (unpaired) electrons. The molecular weight excluding hydrogens is 278 g/mol. The summed E-state index contributed by atoms with van der Waals surface area (Å²) in [6.07, 6.45) is 6.17. The Labute approximate surface area is 131 Å². The third-order valence-electron chi connectivity index (χ3n) is 4.58. The third-order valence-corrected chi connectivity index (χ3v) is 4.58. The number of hydrogen-bond acceptors (Lipinski definition) is 3. The Morgan fingerprint density at radius 1 is 1.32 bits per heavy atom. The summed E-state index contributed by atoms with van der Waals surface area (Å²) in [5.41, 5.74) is 1.59. The average Bonchev–Trinajstić information content (AvgIpc) is 3.37. The second kappa shape index (κ2) is 6.46. The fraction of sp³-hybridized carbons (Fsp3) is 0.588. The van der Waals surface area contributed by atoms with Gasteiger partial charge in [0.25, 0.3) is 5.91 Å². The van der Waals surface area contributed by atoms with Crippen molar-refractivity contribution in [2.75, 3.05) is 19.6 Å². The maximum absolute atomic E-state index is 12.0. The van der Waals surface area contributed by atoms with Gasteiger partial charge in [-0.3, -0.25) is 14.6 Å². The van der Waals surface area contributed by atoms with E-state index in [4.69, 9.17) is 0 Å². The van der Waals surface area contributed by atoms with Gasteiger partial charge in [-0.15, -0.1) is 0 Å². The second-order valence-electron chi connectivity index (χ2n) is 6.43. The molecular formula is C17H23N3O2. The van der Waals surface area contributed by atoms with Gasteiger partial charge in [-0.05, 0) is 43.7 Å². The molecule has 1 aromatic heterocycles. The van der Waals surface area contributed by atoms with Gasteiger partial charge in [-0.25, -0.2) is 0 Å². The number of hydrogen-bond donors (Lipinski definition) is 1. The number of likely N-dealkylation sites (tertiary alicyclic amines) is 1. The molecule has 0 aromatic carbocycles. The molecule has 118 valence electrons. The lowest BCUT2D eigenvalue weighted by molar-refractivity contribution is -0.130. The van der Waals surface area contributed by atoms with Crippen LogP contribution in [-0.4, -0.2) is 41.3 Å². The van der Waals surface area contributed by atoms with E-state index in [1.807, 2.05) is 17.0 Å². The number of amides is 2. The van der Waals surface area contributed by atoms with E-state index in [-0.39, 0.29) is 17.7 Å². The van der Waals surface area contributed by atoms with Crippen molar-refractivity contribution in [3.8, 4) is 0 Å². The van der Waals surface area contributed by atoms with Crippen LogP contribution < -0.4 is 5.32 Å². The number of pyridine rings is 1. The van der Waals surface area contributed by atoms with Crippen LogP contribution in [-0.2, 0) is 4.79 Å². The summed E-state index contributed by atoms with van der Waals surface area (Å²) in [7, 11) is 0. The quantitative estimate of drug-likeness (QED) is 0.924. The third kappa shape index (κ3) is 3.64. The van der Waals surface area contributed by atoms with Crippen LogP contribution in [0.2, 0.25) is 0 Å². The number of carbonyl (C=O) groups is 2. The highest BCUT2D eigenvalue weighted by Crippen LogP contribution is 2.28. The molecule has 1 saturated carbocycles. The lowest BCUT2D eigenvalue weighted by Gasteiger charge is -2.31. The summed E-state index contributed by atoms with van der Waals surface area (Å²) in [6.45, 7) is 3.96. The van der Waals surface area contributed by atoms with Gasteiger partial charge in [-0.1, -0.05) is 0 Å². The van der Waals surface area contributed by atoms with Crippen LogP contribution in [0.4, 0.5) is 0 Å². The lowest BCUT2D eigenvalue weighted by Crippen LogP contribution is -2.37. The van der Waals surface area contributed by atoms with Crippen LogP contribution >= 0.6 is 0 Å². The molecule has 22 heavy (non-hydrogen) atoms. The van der Waals surface area contributed by atoms with Crippen molar-refractivity contribution >= 4 is 11.8 Å². The molecule has 2 aliphatic rings. The molecule has 1 N–H and O–H groups in total. The van der Waals surface area contributed by atoms with Gasteiger partial charge in [0.2, 0.25) is 5.91 Å². The van der Waals surface area contributed by atoms with Crippen molar-refractivity contribution in [3.63, 3.8) is 0 Å². The Balaban J connectivity index is 1.60. The number of aromatic nitrogens is 1. The van der Waals surface area contributed by atoms with Gasteiger partial charge in [0, 0.05) is 44.4 Å². The topological polar surface area (TPSA) is 62.3 Å². The Morgan fingerprint density at radius 2 is 2.14 bits per heavy atom. The van der Waals surface area contributed by atoms with E-state index in [1.54, 1.807) is 13.1 Å². The Bertz CT molecular complexity index is 552. The maximum Gasteiger partial charge on any atom is 0.252 e. The van der Waals surface area contributed by atoms with Crippen molar-refractivity contribution in [1.29, 1.82) is 0 Å². The fourth-order valence-electron chi connectivity index (χ4n) is 2.95. The summed E-state index contributed by atoms with van der Waals surface area (Å²) in [4.78, 5) is 29.8. The summed E-state index contributed by atoms with van der Waals surface area (Å²) >= 11 is 0. The zero-order chi connectivity index (χ0) is 15.5. The molecule has 0 unspecified atom stereocenters. The highest BCUT2D eigenvalue weighted by atomic mass is 16.2. The Kier molecular flexibility index (Phi) is 4.41. The molecule has 2 heterocycles. The number of nitrogens with one attached hydrogen (secondary N) is 1. The van der Waals surface area contributed by atoms with Gasteiger partial charge >= 0.3 is 0 Å². The zero-order valence-corrected chi connectivity index (χ0v) is 13.0. The summed E-state index contributed by atoms with van der Waals surface area (Å²) in [5, 5.41) is 2.95. The van der Waals surface area contributed by atoms with E-state index >= 15 is 0 Å². The summed E-state index contributed by atoms with van der Waals surface area (Å²) < 4.78 is 0. The molecule has 1 atom stereocenters. The predicted molar refractivity (Wildman–Crippen MR) is 83.5 cm³/mol. The highest BCUT2D eigenvalue weighted by molar-refractivity contribution is 5.93. The number of rotatable bonds is 4. The predicted octanol–water partition coefficient (Wildman–Crippen LogP) is 1.95. The molecule has 5 heteroatoms. The normalized spacial score (nSPS) is 21.5. The van der Waals surface area contributed by atoms with Crippen molar-refractivity contribution in [2.24, 2.45) is 5.92 Å². The highest BCUT2D eigenvalue weighted by Gasteiger charge is 2.24. The first-order valence-electron chi connectivity index (χ1n) is 8.13. The van der Waals surface area contributed by atoms with Crippen LogP contribution in [0.1, 0.15) is 54.6 Å². The largest absolute Gasteiger partial charge is 0.352 e. The van der Waals surface area contributed by atoms with Crippen molar-refractivity contribution in [3.05, 3.63) is 29.6 Å². The van der Waals surface area contributed by atoms with E-state index in [2.05, 4.69) is 10.3 Å². The lowest BCUT2D eigenvalue weighted by atomic mass is 9.94. The smallest absolute Gasteiger partial charge is 0.252 e. The molecule has 2 fully saturated rings. The maximum atomic E-state index is 12.0. The first kappa shape index (κ1) is 15.0. The van der Waals surface area contributed by atoms with Gasteiger partial charge in [0.15, 0.2) is 0 Å². The van der Waals surface area contributed by atoms with Crippen molar-refractivity contribution in [1.82, 2.24) is 15.2 Å². The van der Waals surface area contributed by atoms with Gasteiger partial charge in [-0.2, -0.15) is 0 Å². The van der Waals surface area contributed by atoms with Crippen LogP contribution in [0.5, 0.6) is 0 Å². The number of nitrogens with zero attached hydrogens (tertiary/aromatic N) is 2. The van der Waals surface area contributed by atoms with Crippen LogP contribution in [0, 0.1) is 5.92 Å².